The molecule has 5 nitrogen and oxygen atoms in total. The number of hydrogen-bond acceptors (Lipinski definition) is 4. The fourth-order valence-corrected chi connectivity index (χ4v) is 3.44. The molecule has 6 heteroatoms. The van der Waals surface area contributed by atoms with Crippen molar-refractivity contribution in [2.24, 2.45) is 0 Å². The SMILES string of the molecule is CN(CC(=O)N1CC[C@H](c2ccc(F)cc2)[C@@H](O)C1)Cc1ccncc1. The number of hydrogen-bond donors (Lipinski definition) is 1. The summed E-state index contributed by atoms with van der Waals surface area (Å²) in [6.45, 7) is 1.88. The molecule has 1 saturated heterocycles. The van der Waals surface area contributed by atoms with Gasteiger partial charge in [0, 0.05) is 37.9 Å². The predicted octanol–water partition coefficient (Wildman–Crippen LogP) is 2.03. The smallest absolute Gasteiger partial charge is 0.236 e. The molecule has 1 aliphatic rings. The fraction of sp³-hybridized carbons (Fsp3) is 0.400. The molecule has 3 rings (SSSR count). The number of amides is 1. The lowest BCUT2D eigenvalue weighted by atomic mass is 9.87. The summed E-state index contributed by atoms with van der Waals surface area (Å²) in [7, 11) is 1.90. The highest BCUT2D eigenvalue weighted by Gasteiger charge is 2.31. The van der Waals surface area contributed by atoms with E-state index in [0.717, 1.165) is 11.1 Å². The summed E-state index contributed by atoms with van der Waals surface area (Å²) in [6.07, 6.45) is 3.51. The summed E-state index contributed by atoms with van der Waals surface area (Å²) < 4.78 is 13.1. The topological polar surface area (TPSA) is 56.7 Å². The maximum atomic E-state index is 13.1. The highest BCUT2D eigenvalue weighted by Crippen LogP contribution is 2.28. The molecule has 0 saturated carbocycles. The maximum absolute atomic E-state index is 13.1. The van der Waals surface area contributed by atoms with Crippen molar-refractivity contribution in [2.45, 2.75) is 25.0 Å². The Morgan fingerprint density at radius 3 is 2.62 bits per heavy atom. The Kier molecular flexibility index (Phi) is 5.96. The highest BCUT2D eigenvalue weighted by molar-refractivity contribution is 5.78. The van der Waals surface area contributed by atoms with E-state index in [0.29, 0.717) is 32.6 Å². The minimum Gasteiger partial charge on any atom is -0.391 e. The van der Waals surface area contributed by atoms with E-state index >= 15 is 0 Å². The Hall–Kier alpha value is -2.31. The Morgan fingerprint density at radius 2 is 1.96 bits per heavy atom. The first-order valence-electron chi connectivity index (χ1n) is 8.81. The zero-order valence-corrected chi connectivity index (χ0v) is 14.9. The second kappa shape index (κ2) is 8.38. The average molecular weight is 357 g/mol. The zero-order chi connectivity index (χ0) is 18.5. The third-order valence-electron chi connectivity index (χ3n) is 4.84. The largest absolute Gasteiger partial charge is 0.391 e. The van der Waals surface area contributed by atoms with Gasteiger partial charge in [0.1, 0.15) is 5.82 Å². The van der Waals surface area contributed by atoms with Gasteiger partial charge in [-0.05, 0) is 48.9 Å². The first-order chi connectivity index (χ1) is 12.5. The van der Waals surface area contributed by atoms with Gasteiger partial charge in [0.05, 0.1) is 12.6 Å². The number of aliphatic hydroxyl groups is 1. The van der Waals surface area contributed by atoms with Crippen LogP contribution in [0.5, 0.6) is 0 Å². The van der Waals surface area contributed by atoms with Gasteiger partial charge in [-0.1, -0.05) is 12.1 Å². The molecule has 1 N–H and O–H groups in total. The molecule has 138 valence electrons. The van der Waals surface area contributed by atoms with E-state index in [9.17, 15) is 14.3 Å². The molecule has 0 unspecified atom stereocenters. The molecule has 26 heavy (non-hydrogen) atoms. The van der Waals surface area contributed by atoms with Gasteiger partial charge < -0.3 is 10.0 Å². The van der Waals surface area contributed by atoms with Crippen molar-refractivity contribution in [3.8, 4) is 0 Å². The van der Waals surface area contributed by atoms with Crippen molar-refractivity contribution < 1.29 is 14.3 Å². The van der Waals surface area contributed by atoms with Gasteiger partial charge in [0.15, 0.2) is 0 Å². The number of carbonyl (C=O) groups excluding carboxylic acids is 1. The molecular formula is C20H24FN3O2. The van der Waals surface area contributed by atoms with Crippen molar-refractivity contribution in [3.63, 3.8) is 0 Å². The van der Waals surface area contributed by atoms with E-state index in [2.05, 4.69) is 4.98 Å². The third kappa shape index (κ3) is 4.65. The number of rotatable bonds is 5. The van der Waals surface area contributed by atoms with Crippen LogP contribution < -0.4 is 0 Å². The van der Waals surface area contributed by atoms with Crippen LogP contribution in [0.2, 0.25) is 0 Å². The maximum Gasteiger partial charge on any atom is 0.236 e. The molecule has 1 fully saturated rings. The molecule has 0 aliphatic carbocycles. The number of likely N-dealkylation sites (tertiary alicyclic amines) is 1. The summed E-state index contributed by atoms with van der Waals surface area (Å²) in [6, 6.07) is 10.1. The number of carbonyl (C=O) groups is 1. The summed E-state index contributed by atoms with van der Waals surface area (Å²) in [5.74, 6) is -0.333. The molecule has 1 aliphatic heterocycles. The minimum atomic E-state index is -0.635. The van der Waals surface area contributed by atoms with Crippen LogP contribution in [0.3, 0.4) is 0 Å². The van der Waals surface area contributed by atoms with E-state index in [-0.39, 0.29) is 17.6 Å². The fourth-order valence-electron chi connectivity index (χ4n) is 3.44. The van der Waals surface area contributed by atoms with Gasteiger partial charge in [0.2, 0.25) is 5.91 Å². The molecular weight excluding hydrogens is 333 g/mol. The standard InChI is InChI=1S/C20H24FN3O2/c1-23(12-15-6-9-22-10-7-15)14-20(26)24-11-8-18(19(25)13-24)16-2-4-17(21)5-3-16/h2-7,9-10,18-19,25H,8,11-14H2,1H3/t18-,19+/m1/s1. The number of nitrogens with zero attached hydrogens (tertiary/aromatic N) is 3. The molecule has 0 bridgehead atoms. The van der Waals surface area contributed by atoms with Crippen LogP contribution in [0.15, 0.2) is 48.8 Å². The van der Waals surface area contributed by atoms with Crippen LogP contribution in [0.1, 0.15) is 23.5 Å². The Balaban J connectivity index is 1.53. The number of aliphatic hydroxyl groups excluding tert-OH is 1. The first kappa shape index (κ1) is 18.5. The quantitative estimate of drug-likeness (QED) is 0.890. The number of aromatic nitrogens is 1. The monoisotopic (exact) mass is 357 g/mol. The van der Waals surface area contributed by atoms with Crippen LogP contribution in [0, 0.1) is 5.82 Å². The van der Waals surface area contributed by atoms with Gasteiger partial charge >= 0.3 is 0 Å². The van der Waals surface area contributed by atoms with Crippen molar-refractivity contribution in [1.29, 1.82) is 0 Å². The van der Waals surface area contributed by atoms with Crippen LogP contribution in [-0.4, -0.2) is 58.6 Å². The minimum absolute atomic E-state index is 0.0122. The van der Waals surface area contributed by atoms with Crippen molar-refractivity contribution in [2.75, 3.05) is 26.7 Å². The third-order valence-corrected chi connectivity index (χ3v) is 4.84. The molecule has 1 aromatic heterocycles. The lowest BCUT2D eigenvalue weighted by Crippen LogP contribution is -2.48. The Morgan fingerprint density at radius 1 is 1.27 bits per heavy atom. The van der Waals surface area contributed by atoms with Crippen LogP contribution in [0.25, 0.3) is 0 Å². The van der Waals surface area contributed by atoms with Crippen molar-refractivity contribution >= 4 is 5.91 Å². The second-order valence-corrected chi connectivity index (χ2v) is 6.88. The van der Waals surface area contributed by atoms with E-state index < -0.39 is 6.10 Å². The Bertz CT molecular complexity index is 724. The zero-order valence-electron chi connectivity index (χ0n) is 14.9. The molecule has 2 aromatic rings. The van der Waals surface area contributed by atoms with Gasteiger partial charge in [0.25, 0.3) is 0 Å². The van der Waals surface area contributed by atoms with Crippen LogP contribution in [-0.2, 0) is 11.3 Å². The number of piperidine rings is 1. The van der Waals surface area contributed by atoms with Gasteiger partial charge in [-0.25, -0.2) is 4.39 Å². The van der Waals surface area contributed by atoms with Gasteiger partial charge in [-0.15, -0.1) is 0 Å². The molecule has 1 aromatic carbocycles. The van der Waals surface area contributed by atoms with E-state index in [1.54, 1.807) is 29.4 Å². The molecule has 0 radical (unpaired) electrons. The normalized spacial score (nSPS) is 20.4. The predicted molar refractivity (Wildman–Crippen MR) is 96.9 cm³/mol. The molecule has 1 amide bonds. The molecule has 0 spiro atoms. The van der Waals surface area contributed by atoms with Crippen LogP contribution in [0.4, 0.5) is 4.39 Å². The molecule has 2 heterocycles. The summed E-state index contributed by atoms with van der Waals surface area (Å²) >= 11 is 0. The first-order valence-corrected chi connectivity index (χ1v) is 8.81. The summed E-state index contributed by atoms with van der Waals surface area (Å²) in [4.78, 5) is 20.2. The number of pyridine rings is 1. The second-order valence-electron chi connectivity index (χ2n) is 6.88. The Labute approximate surface area is 153 Å². The number of halogens is 1. The number of likely N-dealkylation sites (N-methyl/N-ethyl adjacent to an activating group) is 1. The number of β-amino-alcohol motifs (C(OH)–C–C–N with tert-alkyl or cyclic N) is 1. The van der Waals surface area contributed by atoms with E-state index in [4.69, 9.17) is 0 Å². The van der Waals surface area contributed by atoms with Gasteiger partial charge in [-0.3, -0.25) is 14.7 Å². The van der Waals surface area contributed by atoms with Crippen molar-refractivity contribution in [1.82, 2.24) is 14.8 Å². The summed E-state index contributed by atoms with van der Waals surface area (Å²) in [5.41, 5.74) is 2.02. The average Bonchev–Trinajstić information content (AvgIpc) is 2.63. The number of benzene rings is 1. The van der Waals surface area contributed by atoms with Crippen LogP contribution >= 0.6 is 0 Å². The van der Waals surface area contributed by atoms with E-state index in [1.807, 2.05) is 24.1 Å². The molecule has 2 atom stereocenters. The van der Waals surface area contributed by atoms with Crippen molar-refractivity contribution in [3.05, 3.63) is 65.7 Å². The lowest BCUT2D eigenvalue weighted by Gasteiger charge is -2.37. The van der Waals surface area contributed by atoms with E-state index in [1.165, 1.54) is 12.1 Å². The lowest BCUT2D eigenvalue weighted by molar-refractivity contribution is -0.135. The van der Waals surface area contributed by atoms with Gasteiger partial charge in [-0.2, -0.15) is 0 Å². The highest BCUT2D eigenvalue weighted by atomic mass is 19.1. The summed E-state index contributed by atoms with van der Waals surface area (Å²) in [5, 5.41) is 10.5.